The summed E-state index contributed by atoms with van der Waals surface area (Å²) in [5.41, 5.74) is -0.668. The summed E-state index contributed by atoms with van der Waals surface area (Å²) in [7, 11) is 1.68. The Labute approximate surface area is 94.4 Å². The molecule has 16 heavy (non-hydrogen) atoms. The zero-order valence-electron chi connectivity index (χ0n) is 9.52. The molecule has 2 N–H and O–H groups in total. The van der Waals surface area contributed by atoms with Gasteiger partial charge in [-0.1, -0.05) is 6.92 Å². The fourth-order valence-electron chi connectivity index (χ4n) is 1.46. The van der Waals surface area contributed by atoms with Crippen LogP contribution in [-0.4, -0.2) is 42.0 Å². The van der Waals surface area contributed by atoms with E-state index in [1.165, 1.54) is 18.3 Å². The van der Waals surface area contributed by atoms with Crippen LogP contribution < -0.4 is 4.90 Å². The van der Waals surface area contributed by atoms with Crippen molar-refractivity contribution < 1.29 is 14.6 Å². The van der Waals surface area contributed by atoms with Crippen molar-refractivity contribution >= 4 is 5.82 Å². The lowest BCUT2D eigenvalue weighted by Crippen LogP contribution is -2.39. The number of hydrogen-bond donors (Lipinski definition) is 2. The molecule has 0 unspecified atom stereocenters. The van der Waals surface area contributed by atoms with E-state index >= 15 is 0 Å². The lowest BCUT2D eigenvalue weighted by atomic mass is 9.92. The summed E-state index contributed by atoms with van der Waals surface area (Å²) in [6, 6.07) is 2.85. The third-order valence-corrected chi connectivity index (χ3v) is 2.48. The minimum atomic E-state index is -0.668. The fraction of sp³-hybridized carbons (Fsp3) is 0.545. The van der Waals surface area contributed by atoms with Crippen LogP contribution in [0.15, 0.2) is 18.3 Å². The normalized spacial score (nSPS) is 11.6. The largest absolute Gasteiger partial charge is 0.396 e. The van der Waals surface area contributed by atoms with Crippen LogP contribution in [0.3, 0.4) is 0 Å². The van der Waals surface area contributed by atoms with E-state index in [-0.39, 0.29) is 19.0 Å². The highest BCUT2D eigenvalue weighted by Gasteiger charge is 2.25. The van der Waals surface area contributed by atoms with Crippen LogP contribution in [-0.2, 0) is 0 Å². The number of aromatic nitrogens is 1. The zero-order chi connectivity index (χ0) is 12.2. The predicted molar refractivity (Wildman–Crippen MR) is 59.7 cm³/mol. The number of hydrogen-bond acceptors (Lipinski definition) is 4. The van der Waals surface area contributed by atoms with Crippen molar-refractivity contribution in [1.29, 1.82) is 0 Å². The molecule has 0 saturated carbocycles. The molecule has 0 amide bonds. The molecule has 0 bridgehead atoms. The number of rotatable bonds is 5. The van der Waals surface area contributed by atoms with Gasteiger partial charge in [-0.2, -0.15) is 0 Å². The van der Waals surface area contributed by atoms with Crippen molar-refractivity contribution in [2.45, 2.75) is 6.92 Å². The van der Waals surface area contributed by atoms with E-state index in [9.17, 15) is 4.39 Å². The molecule has 0 radical (unpaired) electrons. The Balaban J connectivity index is 2.80. The number of aliphatic hydroxyl groups excluding tert-OH is 2. The molecule has 0 spiro atoms. The van der Waals surface area contributed by atoms with Gasteiger partial charge in [0.1, 0.15) is 0 Å². The smallest absolute Gasteiger partial charge is 0.165 e. The summed E-state index contributed by atoms with van der Waals surface area (Å²) in [5, 5.41) is 18.3. The Hall–Kier alpha value is -1.20. The number of nitrogens with zero attached hydrogens (tertiary/aromatic N) is 2. The molecule has 0 saturated heterocycles. The monoisotopic (exact) mass is 228 g/mol. The van der Waals surface area contributed by atoms with E-state index in [2.05, 4.69) is 4.98 Å². The summed E-state index contributed by atoms with van der Waals surface area (Å²) in [4.78, 5) is 5.50. The standard InChI is InChI=1S/C11H17FN2O2/c1-11(7-15,8-16)6-14(2)10-9(12)4-3-5-13-10/h3-5,15-16H,6-8H2,1-2H3. The molecular weight excluding hydrogens is 211 g/mol. The third-order valence-electron chi connectivity index (χ3n) is 2.48. The van der Waals surface area contributed by atoms with Crippen LogP contribution in [0.2, 0.25) is 0 Å². The summed E-state index contributed by atoms with van der Waals surface area (Å²) in [5.74, 6) is -0.196. The lowest BCUT2D eigenvalue weighted by molar-refractivity contribution is 0.0760. The molecule has 4 nitrogen and oxygen atoms in total. The number of halogens is 1. The SMILES string of the molecule is CN(CC(C)(CO)CO)c1ncccc1F. The highest BCUT2D eigenvalue weighted by molar-refractivity contribution is 5.38. The van der Waals surface area contributed by atoms with Crippen molar-refractivity contribution in [3.05, 3.63) is 24.1 Å². The summed E-state index contributed by atoms with van der Waals surface area (Å²) in [6.45, 7) is 1.73. The van der Waals surface area contributed by atoms with Gasteiger partial charge in [-0.05, 0) is 12.1 Å². The Morgan fingerprint density at radius 3 is 2.56 bits per heavy atom. The minimum absolute atomic E-state index is 0.164. The van der Waals surface area contributed by atoms with E-state index in [0.717, 1.165) is 0 Å². The maximum Gasteiger partial charge on any atom is 0.165 e. The van der Waals surface area contributed by atoms with E-state index in [1.807, 2.05) is 0 Å². The topological polar surface area (TPSA) is 56.6 Å². The Morgan fingerprint density at radius 2 is 2.06 bits per heavy atom. The van der Waals surface area contributed by atoms with Crippen LogP contribution in [0.5, 0.6) is 0 Å². The molecule has 0 aliphatic heterocycles. The van der Waals surface area contributed by atoms with Gasteiger partial charge in [-0.3, -0.25) is 0 Å². The first-order valence-corrected chi connectivity index (χ1v) is 5.06. The molecule has 1 aromatic rings. The third kappa shape index (κ3) is 2.90. The van der Waals surface area contributed by atoms with Gasteiger partial charge in [0.25, 0.3) is 0 Å². The first kappa shape index (κ1) is 12.9. The molecule has 0 fully saturated rings. The maximum absolute atomic E-state index is 13.4. The molecule has 1 heterocycles. The van der Waals surface area contributed by atoms with Crippen LogP contribution >= 0.6 is 0 Å². The molecular formula is C11H17FN2O2. The van der Waals surface area contributed by atoms with Crippen molar-refractivity contribution in [3.8, 4) is 0 Å². The van der Waals surface area contributed by atoms with Crippen molar-refractivity contribution in [1.82, 2.24) is 4.98 Å². The zero-order valence-corrected chi connectivity index (χ0v) is 9.52. The van der Waals surface area contributed by atoms with Crippen LogP contribution in [0.25, 0.3) is 0 Å². The van der Waals surface area contributed by atoms with Crippen LogP contribution in [0.1, 0.15) is 6.92 Å². The van der Waals surface area contributed by atoms with Crippen LogP contribution in [0.4, 0.5) is 10.2 Å². The first-order valence-electron chi connectivity index (χ1n) is 5.06. The number of pyridine rings is 1. The Morgan fingerprint density at radius 1 is 1.44 bits per heavy atom. The number of aliphatic hydroxyl groups is 2. The Kier molecular flexibility index (Phi) is 4.20. The summed E-state index contributed by atoms with van der Waals surface area (Å²) >= 11 is 0. The first-order chi connectivity index (χ1) is 7.52. The second-order valence-corrected chi connectivity index (χ2v) is 4.29. The summed E-state index contributed by atoms with van der Waals surface area (Å²) in [6.07, 6.45) is 1.50. The molecule has 1 rings (SSSR count). The summed E-state index contributed by atoms with van der Waals surface area (Å²) < 4.78 is 13.4. The molecule has 0 aliphatic carbocycles. The number of anilines is 1. The van der Waals surface area contributed by atoms with Crippen molar-refractivity contribution in [2.24, 2.45) is 5.41 Å². The van der Waals surface area contributed by atoms with Gasteiger partial charge in [-0.25, -0.2) is 9.37 Å². The highest BCUT2D eigenvalue weighted by atomic mass is 19.1. The molecule has 0 aromatic carbocycles. The lowest BCUT2D eigenvalue weighted by Gasteiger charge is -2.31. The van der Waals surface area contributed by atoms with E-state index in [0.29, 0.717) is 6.54 Å². The van der Waals surface area contributed by atoms with Gasteiger partial charge in [0.05, 0.1) is 13.2 Å². The van der Waals surface area contributed by atoms with E-state index in [4.69, 9.17) is 10.2 Å². The maximum atomic E-state index is 13.4. The van der Waals surface area contributed by atoms with Crippen molar-refractivity contribution in [3.63, 3.8) is 0 Å². The van der Waals surface area contributed by atoms with Gasteiger partial charge in [0.15, 0.2) is 11.6 Å². The fourth-order valence-corrected chi connectivity index (χ4v) is 1.46. The second-order valence-electron chi connectivity index (χ2n) is 4.29. The van der Waals surface area contributed by atoms with Gasteiger partial charge >= 0.3 is 0 Å². The minimum Gasteiger partial charge on any atom is -0.396 e. The average molecular weight is 228 g/mol. The quantitative estimate of drug-likeness (QED) is 0.777. The van der Waals surface area contributed by atoms with Crippen molar-refractivity contribution in [2.75, 3.05) is 31.7 Å². The Bertz CT molecular complexity index is 343. The van der Waals surface area contributed by atoms with Gasteiger partial charge < -0.3 is 15.1 Å². The molecule has 0 atom stereocenters. The average Bonchev–Trinajstić information content (AvgIpc) is 2.29. The molecule has 0 aliphatic rings. The predicted octanol–water partition coefficient (Wildman–Crippen LogP) is 0.648. The van der Waals surface area contributed by atoms with Crippen LogP contribution in [0, 0.1) is 11.2 Å². The van der Waals surface area contributed by atoms with Gasteiger partial charge in [0, 0.05) is 25.2 Å². The molecule has 5 heteroatoms. The molecule has 90 valence electrons. The van der Waals surface area contributed by atoms with Gasteiger partial charge in [-0.15, -0.1) is 0 Å². The second kappa shape index (κ2) is 5.23. The molecule has 1 aromatic heterocycles. The van der Waals surface area contributed by atoms with E-state index in [1.54, 1.807) is 18.9 Å². The van der Waals surface area contributed by atoms with Gasteiger partial charge in [0.2, 0.25) is 0 Å². The highest BCUT2D eigenvalue weighted by Crippen LogP contribution is 2.20. The van der Waals surface area contributed by atoms with E-state index < -0.39 is 11.2 Å².